The third-order valence-electron chi connectivity index (χ3n) is 2.36. The molecule has 0 aromatic carbocycles. The minimum Gasteiger partial charge on any atom is -0.481 e. The average molecular weight is 155 g/mol. The summed E-state index contributed by atoms with van der Waals surface area (Å²) in [4.78, 5) is 10.7. The molecular weight excluding hydrogens is 140 g/mol. The minimum absolute atomic E-state index is 0.131. The van der Waals surface area contributed by atoms with Crippen LogP contribution >= 0.6 is 0 Å². The highest BCUT2D eigenvalue weighted by Gasteiger charge is 2.31. The normalized spacial score (nSPS) is 20.8. The van der Waals surface area contributed by atoms with Gasteiger partial charge in [-0.3, -0.25) is 4.79 Å². The Balaban J connectivity index is 2.37. The standard InChI is InChI=1S/C9H15O2/c1-2-4-8(9(10)11)7-5-3-6-7/h8H,2-6H2,1H3,(H,10,11). The molecule has 63 valence electrons. The van der Waals surface area contributed by atoms with Gasteiger partial charge < -0.3 is 5.11 Å². The lowest BCUT2D eigenvalue weighted by molar-refractivity contribution is -0.141. The van der Waals surface area contributed by atoms with Crippen LogP contribution in [0, 0.1) is 11.8 Å². The van der Waals surface area contributed by atoms with Gasteiger partial charge in [-0.15, -0.1) is 0 Å². The first-order valence-corrected chi connectivity index (χ1v) is 4.33. The van der Waals surface area contributed by atoms with Gasteiger partial charge in [0.25, 0.3) is 0 Å². The molecule has 0 spiro atoms. The second kappa shape index (κ2) is 3.74. The molecule has 0 bridgehead atoms. The molecule has 1 aliphatic carbocycles. The maximum absolute atomic E-state index is 10.7. The monoisotopic (exact) mass is 155 g/mol. The van der Waals surface area contributed by atoms with Gasteiger partial charge in [0, 0.05) is 0 Å². The summed E-state index contributed by atoms with van der Waals surface area (Å²) in [6.45, 7) is 2.04. The van der Waals surface area contributed by atoms with Crippen LogP contribution in [0.5, 0.6) is 0 Å². The van der Waals surface area contributed by atoms with Crippen LogP contribution < -0.4 is 0 Å². The molecule has 1 radical (unpaired) electrons. The average Bonchev–Trinajstić information content (AvgIpc) is 1.82. The van der Waals surface area contributed by atoms with E-state index >= 15 is 0 Å². The summed E-state index contributed by atoms with van der Waals surface area (Å²) in [7, 11) is 0. The fourth-order valence-corrected chi connectivity index (χ4v) is 1.52. The predicted octanol–water partition coefficient (Wildman–Crippen LogP) is 2.25. The number of carbonyl (C=O) groups is 1. The Morgan fingerprint density at radius 3 is 2.55 bits per heavy atom. The molecule has 0 aromatic heterocycles. The van der Waals surface area contributed by atoms with Gasteiger partial charge in [-0.2, -0.15) is 0 Å². The van der Waals surface area contributed by atoms with Crippen molar-refractivity contribution < 1.29 is 9.90 Å². The van der Waals surface area contributed by atoms with E-state index in [1.54, 1.807) is 0 Å². The van der Waals surface area contributed by atoms with Gasteiger partial charge >= 0.3 is 5.97 Å². The van der Waals surface area contributed by atoms with E-state index in [9.17, 15) is 4.79 Å². The number of carboxylic acids is 1. The van der Waals surface area contributed by atoms with Crippen molar-refractivity contribution in [1.29, 1.82) is 0 Å². The lowest BCUT2D eigenvalue weighted by Gasteiger charge is -2.30. The Bertz CT molecular complexity index is 138. The number of hydrogen-bond donors (Lipinski definition) is 1. The molecule has 11 heavy (non-hydrogen) atoms. The molecule has 1 atom stereocenters. The Morgan fingerprint density at radius 2 is 2.27 bits per heavy atom. The summed E-state index contributed by atoms with van der Waals surface area (Å²) < 4.78 is 0. The quantitative estimate of drug-likeness (QED) is 0.676. The molecule has 0 saturated heterocycles. The molecule has 1 saturated carbocycles. The highest BCUT2D eigenvalue weighted by atomic mass is 16.4. The molecule has 0 heterocycles. The number of aliphatic carboxylic acids is 1. The van der Waals surface area contributed by atoms with Gasteiger partial charge in [-0.25, -0.2) is 0 Å². The van der Waals surface area contributed by atoms with E-state index in [4.69, 9.17) is 5.11 Å². The van der Waals surface area contributed by atoms with Crippen LogP contribution in [0.25, 0.3) is 0 Å². The van der Waals surface area contributed by atoms with E-state index in [0.29, 0.717) is 0 Å². The van der Waals surface area contributed by atoms with Crippen molar-refractivity contribution in [2.75, 3.05) is 0 Å². The van der Waals surface area contributed by atoms with Crippen molar-refractivity contribution >= 4 is 5.97 Å². The van der Waals surface area contributed by atoms with Gasteiger partial charge in [0.2, 0.25) is 0 Å². The van der Waals surface area contributed by atoms with E-state index in [1.807, 2.05) is 6.92 Å². The zero-order chi connectivity index (χ0) is 8.27. The summed E-state index contributed by atoms with van der Waals surface area (Å²) in [5, 5.41) is 8.82. The summed E-state index contributed by atoms with van der Waals surface area (Å²) >= 11 is 0. The molecule has 0 aromatic rings. The van der Waals surface area contributed by atoms with Gasteiger partial charge in [-0.1, -0.05) is 19.8 Å². The van der Waals surface area contributed by atoms with Gasteiger partial charge in [0.15, 0.2) is 0 Å². The first-order chi connectivity index (χ1) is 5.25. The van der Waals surface area contributed by atoms with E-state index in [2.05, 4.69) is 0 Å². The van der Waals surface area contributed by atoms with Crippen molar-refractivity contribution in [3.63, 3.8) is 0 Å². The smallest absolute Gasteiger partial charge is 0.307 e. The summed E-state index contributed by atoms with van der Waals surface area (Å²) in [6, 6.07) is 0. The molecule has 1 N–H and O–H groups in total. The Hall–Kier alpha value is -0.530. The van der Waals surface area contributed by atoms with Gasteiger partial charge in [-0.05, 0) is 25.2 Å². The van der Waals surface area contributed by atoms with Crippen LogP contribution in [-0.4, -0.2) is 11.1 Å². The van der Waals surface area contributed by atoms with Crippen molar-refractivity contribution in [2.45, 2.75) is 39.0 Å². The summed E-state index contributed by atoms with van der Waals surface area (Å²) in [5.74, 6) is 0.509. The zero-order valence-electron chi connectivity index (χ0n) is 6.97. The maximum atomic E-state index is 10.7. The zero-order valence-corrected chi connectivity index (χ0v) is 6.97. The number of rotatable bonds is 4. The lowest BCUT2D eigenvalue weighted by Crippen LogP contribution is -2.26. The molecule has 2 nitrogen and oxygen atoms in total. The number of hydrogen-bond acceptors (Lipinski definition) is 1. The molecule has 1 rings (SSSR count). The first kappa shape index (κ1) is 8.57. The second-order valence-electron chi connectivity index (χ2n) is 3.19. The van der Waals surface area contributed by atoms with Gasteiger partial charge in [0.1, 0.15) is 0 Å². The third-order valence-corrected chi connectivity index (χ3v) is 2.36. The fraction of sp³-hybridized carbons (Fsp3) is 0.778. The van der Waals surface area contributed by atoms with Crippen LogP contribution in [0.4, 0.5) is 0 Å². The van der Waals surface area contributed by atoms with E-state index < -0.39 is 5.97 Å². The van der Waals surface area contributed by atoms with Crippen LogP contribution in [0.1, 0.15) is 39.0 Å². The van der Waals surface area contributed by atoms with Crippen LogP contribution in [0.3, 0.4) is 0 Å². The maximum Gasteiger partial charge on any atom is 0.307 e. The molecular formula is C9H15O2. The van der Waals surface area contributed by atoms with E-state index in [1.165, 1.54) is 12.3 Å². The Labute approximate surface area is 67.6 Å². The summed E-state index contributed by atoms with van der Waals surface area (Å²) in [5.41, 5.74) is 0. The highest BCUT2D eigenvalue weighted by molar-refractivity contribution is 5.72. The molecule has 2 heteroatoms. The van der Waals surface area contributed by atoms with E-state index in [0.717, 1.165) is 25.7 Å². The predicted molar refractivity (Wildman–Crippen MR) is 43.1 cm³/mol. The highest BCUT2D eigenvalue weighted by Crippen LogP contribution is 2.37. The van der Waals surface area contributed by atoms with Crippen molar-refractivity contribution in [2.24, 2.45) is 5.92 Å². The number of carboxylic acid groups (broad SMARTS) is 1. The largest absolute Gasteiger partial charge is 0.481 e. The van der Waals surface area contributed by atoms with Crippen LogP contribution in [0.15, 0.2) is 0 Å². The minimum atomic E-state index is -0.624. The van der Waals surface area contributed by atoms with E-state index in [-0.39, 0.29) is 5.92 Å². The topological polar surface area (TPSA) is 37.3 Å². The second-order valence-corrected chi connectivity index (χ2v) is 3.19. The Kier molecular flexibility index (Phi) is 2.92. The molecule has 0 amide bonds. The van der Waals surface area contributed by atoms with Crippen LogP contribution in [0.2, 0.25) is 0 Å². The molecule has 1 aliphatic rings. The van der Waals surface area contributed by atoms with Crippen molar-refractivity contribution in [3.8, 4) is 0 Å². The molecule has 1 unspecified atom stereocenters. The molecule has 0 aliphatic heterocycles. The first-order valence-electron chi connectivity index (χ1n) is 4.33. The Morgan fingerprint density at radius 1 is 1.64 bits per heavy atom. The van der Waals surface area contributed by atoms with Crippen molar-refractivity contribution in [1.82, 2.24) is 0 Å². The van der Waals surface area contributed by atoms with Crippen molar-refractivity contribution in [3.05, 3.63) is 5.92 Å². The van der Waals surface area contributed by atoms with Gasteiger partial charge in [0.05, 0.1) is 5.92 Å². The van der Waals surface area contributed by atoms with Crippen LogP contribution in [-0.2, 0) is 4.79 Å². The summed E-state index contributed by atoms with van der Waals surface area (Å²) in [6.07, 6.45) is 5.10. The molecule has 1 fully saturated rings. The fourth-order valence-electron chi connectivity index (χ4n) is 1.52. The third kappa shape index (κ3) is 1.95. The lowest BCUT2D eigenvalue weighted by atomic mass is 9.74. The SMILES string of the molecule is CCCC([C]1CCC1)C(=O)O.